The molecule has 0 aliphatic rings. The monoisotopic (exact) mass is 356 g/mol. The average Bonchev–Trinajstić information content (AvgIpc) is 2.53. The van der Waals surface area contributed by atoms with Gasteiger partial charge in [-0.3, -0.25) is 0 Å². The number of hydrogen-bond donors (Lipinski definition) is 2. The van der Waals surface area contributed by atoms with Crippen LogP contribution in [0.2, 0.25) is 0 Å². The number of unbranched alkanes of at least 4 members (excludes halogenated alkanes) is 11. The molecule has 150 valence electrons. The van der Waals surface area contributed by atoms with Crippen LogP contribution < -0.4 is 11.1 Å². The number of hydrogen-bond acceptors (Lipinski definition) is 3. The van der Waals surface area contributed by atoms with Crippen molar-refractivity contribution >= 4 is 6.09 Å². The molecule has 0 aromatic rings. The van der Waals surface area contributed by atoms with Gasteiger partial charge >= 0.3 is 6.09 Å². The number of amides is 1. The van der Waals surface area contributed by atoms with E-state index in [2.05, 4.69) is 12.2 Å². The van der Waals surface area contributed by atoms with E-state index in [9.17, 15) is 4.79 Å². The summed E-state index contributed by atoms with van der Waals surface area (Å²) in [7, 11) is 0. The predicted molar refractivity (Wildman–Crippen MR) is 108 cm³/mol. The Morgan fingerprint density at radius 2 is 1.32 bits per heavy atom. The smallest absolute Gasteiger partial charge is 0.407 e. The summed E-state index contributed by atoms with van der Waals surface area (Å²) in [5.41, 5.74) is 5.29. The average molecular weight is 357 g/mol. The van der Waals surface area contributed by atoms with E-state index in [1.54, 1.807) is 0 Å². The van der Waals surface area contributed by atoms with Gasteiger partial charge in [0.2, 0.25) is 0 Å². The van der Waals surface area contributed by atoms with Crippen LogP contribution in [0.15, 0.2) is 0 Å². The minimum Gasteiger partial charge on any atom is -0.444 e. The maximum absolute atomic E-state index is 11.8. The van der Waals surface area contributed by atoms with Crippen molar-refractivity contribution in [1.29, 1.82) is 0 Å². The zero-order valence-electron chi connectivity index (χ0n) is 17.4. The van der Waals surface area contributed by atoms with Crippen molar-refractivity contribution in [3.8, 4) is 0 Å². The molecule has 1 amide bonds. The molecule has 0 spiro atoms. The van der Waals surface area contributed by atoms with Gasteiger partial charge < -0.3 is 15.8 Å². The summed E-state index contributed by atoms with van der Waals surface area (Å²) in [4.78, 5) is 11.8. The highest BCUT2D eigenvalue weighted by Crippen LogP contribution is 2.13. The number of rotatable bonds is 15. The van der Waals surface area contributed by atoms with E-state index in [1.807, 2.05) is 20.8 Å². The summed E-state index contributed by atoms with van der Waals surface area (Å²) in [6, 6.07) is 0.0259. The summed E-state index contributed by atoms with van der Waals surface area (Å²) < 4.78 is 5.28. The molecule has 0 bridgehead atoms. The second-order valence-corrected chi connectivity index (χ2v) is 8.26. The Morgan fingerprint density at radius 3 is 1.72 bits per heavy atom. The quantitative estimate of drug-likeness (QED) is 0.357. The fourth-order valence-corrected chi connectivity index (χ4v) is 2.95. The van der Waals surface area contributed by atoms with Crippen LogP contribution in [0, 0.1) is 0 Å². The molecule has 4 nitrogen and oxygen atoms in total. The van der Waals surface area contributed by atoms with Gasteiger partial charge in [-0.15, -0.1) is 0 Å². The lowest BCUT2D eigenvalue weighted by atomic mass is 10.0. The Kier molecular flexibility index (Phi) is 15.0. The van der Waals surface area contributed by atoms with Gasteiger partial charge in [0.15, 0.2) is 0 Å². The van der Waals surface area contributed by atoms with E-state index in [1.165, 1.54) is 70.6 Å². The molecule has 0 fully saturated rings. The van der Waals surface area contributed by atoms with Crippen LogP contribution in [0.3, 0.4) is 0 Å². The van der Waals surface area contributed by atoms with E-state index >= 15 is 0 Å². The van der Waals surface area contributed by atoms with Crippen molar-refractivity contribution in [3.05, 3.63) is 0 Å². The van der Waals surface area contributed by atoms with Gasteiger partial charge in [0.25, 0.3) is 0 Å². The summed E-state index contributed by atoms with van der Waals surface area (Å²) in [5.74, 6) is 0. The molecule has 3 N–H and O–H groups in total. The van der Waals surface area contributed by atoms with Crippen molar-refractivity contribution in [1.82, 2.24) is 5.32 Å². The molecule has 0 aromatic carbocycles. The van der Waals surface area contributed by atoms with E-state index in [0.717, 1.165) is 12.8 Å². The van der Waals surface area contributed by atoms with Gasteiger partial charge in [-0.25, -0.2) is 4.79 Å². The van der Waals surface area contributed by atoms with Crippen LogP contribution in [-0.2, 0) is 4.74 Å². The first-order valence-electron chi connectivity index (χ1n) is 10.6. The number of nitrogens with two attached hydrogens (primary N) is 1. The van der Waals surface area contributed by atoms with Gasteiger partial charge in [-0.05, 0) is 27.2 Å². The minimum absolute atomic E-state index is 0.0259. The van der Waals surface area contributed by atoms with Crippen LogP contribution in [0.25, 0.3) is 0 Å². The minimum atomic E-state index is -0.459. The molecule has 4 heteroatoms. The molecular weight excluding hydrogens is 312 g/mol. The van der Waals surface area contributed by atoms with Gasteiger partial charge in [0.05, 0.1) is 0 Å². The van der Waals surface area contributed by atoms with Crippen molar-refractivity contribution in [2.45, 2.75) is 123 Å². The summed E-state index contributed by atoms with van der Waals surface area (Å²) in [6.45, 7) is 8.35. The maximum atomic E-state index is 11.8. The van der Waals surface area contributed by atoms with E-state index < -0.39 is 5.60 Å². The lowest BCUT2D eigenvalue weighted by Crippen LogP contribution is -2.42. The highest BCUT2D eigenvalue weighted by molar-refractivity contribution is 5.68. The molecular formula is C21H44N2O2. The highest BCUT2D eigenvalue weighted by Gasteiger charge is 2.18. The SMILES string of the molecule is CCCCCCCCCCCCCCC(CN)NC(=O)OC(C)(C)C. The standard InChI is InChI=1S/C21H44N2O2/c1-5-6-7-8-9-10-11-12-13-14-15-16-17-19(18-22)23-20(24)25-21(2,3)4/h19H,5-18,22H2,1-4H3,(H,23,24). The third kappa shape index (κ3) is 17.8. The lowest BCUT2D eigenvalue weighted by molar-refractivity contribution is 0.0503. The van der Waals surface area contributed by atoms with Gasteiger partial charge in [-0.1, -0.05) is 84.0 Å². The van der Waals surface area contributed by atoms with Crippen molar-refractivity contribution in [2.75, 3.05) is 6.54 Å². The largest absolute Gasteiger partial charge is 0.444 e. The number of ether oxygens (including phenoxy) is 1. The van der Waals surface area contributed by atoms with Crippen LogP contribution in [0.1, 0.15) is 111 Å². The molecule has 25 heavy (non-hydrogen) atoms. The lowest BCUT2D eigenvalue weighted by Gasteiger charge is -2.23. The first kappa shape index (κ1) is 24.2. The third-order valence-corrected chi connectivity index (χ3v) is 4.41. The zero-order chi connectivity index (χ0) is 19.0. The molecule has 1 unspecified atom stereocenters. The Balaban J connectivity index is 3.48. The summed E-state index contributed by atoms with van der Waals surface area (Å²) in [6.07, 6.45) is 16.7. The molecule has 0 aliphatic heterocycles. The van der Waals surface area contributed by atoms with Crippen LogP contribution in [0.4, 0.5) is 4.79 Å². The Morgan fingerprint density at radius 1 is 0.880 bits per heavy atom. The van der Waals surface area contributed by atoms with Crippen molar-refractivity contribution < 1.29 is 9.53 Å². The normalized spacial score (nSPS) is 12.8. The second kappa shape index (κ2) is 15.5. The van der Waals surface area contributed by atoms with Crippen LogP contribution in [0.5, 0.6) is 0 Å². The summed E-state index contributed by atoms with van der Waals surface area (Å²) >= 11 is 0. The highest BCUT2D eigenvalue weighted by atomic mass is 16.6. The topological polar surface area (TPSA) is 64.3 Å². The molecule has 0 aliphatic carbocycles. The first-order valence-corrected chi connectivity index (χ1v) is 10.6. The molecule has 0 saturated heterocycles. The fraction of sp³-hybridized carbons (Fsp3) is 0.952. The van der Waals surface area contributed by atoms with Gasteiger partial charge in [0.1, 0.15) is 5.60 Å². The second-order valence-electron chi connectivity index (χ2n) is 8.26. The number of carbonyl (C=O) groups excluding carboxylic acids is 1. The first-order chi connectivity index (χ1) is 11.9. The Labute approximate surface area is 156 Å². The van der Waals surface area contributed by atoms with Crippen molar-refractivity contribution in [2.24, 2.45) is 5.73 Å². The number of alkyl carbamates (subject to hydrolysis) is 1. The predicted octanol–water partition coefficient (Wildman–Crippen LogP) is 5.93. The van der Waals surface area contributed by atoms with Crippen LogP contribution in [-0.4, -0.2) is 24.3 Å². The molecule has 0 radical (unpaired) electrons. The number of nitrogens with one attached hydrogen (secondary N) is 1. The Hall–Kier alpha value is -0.770. The van der Waals surface area contributed by atoms with Crippen molar-refractivity contribution in [3.63, 3.8) is 0 Å². The van der Waals surface area contributed by atoms with E-state index in [-0.39, 0.29) is 12.1 Å². The molecule has 1 atom stereocenters. The van der Waals surface area contributed by atoms with Gasteiger partial charge in [0, 0.05) is 12.6 Å². The third-order valence-electron chi connectivity index (χ3n) is 4.41. The fourth-order valence-electron chi connectivity index (χ4n) is 2.95. The maximum Gasteiger partial charge on any atom is 0.407 e. The zero-order valence-corrected chi connectivity index (χ0v) is 17.4. The van der Waals surface area contributed by atoms with E-state index in [4.69, 9.17) is 10.5 Å². The molecule has 0 heterocycles. The molecule has 0 rings (SSSR count). The van der Waals surface area contributed by atoms with Crippen LogP contribution >= 0.6 is 0 Å². The summed E-state index contributed by atoms with van der Waals surface area (Å²) in [5, 5.41) is 2.88. The van der Waals surface area contributed by atoms with Gasteiger partial charge in [-0.2, -0.15) is 0 Å². The molecule has 0 saturated carbocycles. The number of carbonyl (C=O) groups is 1. The van der Waals surface area contributed by atoms with E-state index in [0.29, 0.717) is 6.54 Å². The molecule has 0 aromatic heterocycles. The Bertz CT molecular complexity index is 314.